The first-order chi connectivity index (χ1) is 69.0. The van der Waals surface area contributed by atoms with Crippen LogP contribution in [0.1, 0.15) is 69.2 Å². The van der Waals surface area contributed by atoms with Crippen LogP contribution in [0.3, 0.4) is 0 Å². The van der Waals surface area contributed by atoms with E-state index in [2.05, 4.69) is 26.3 Å². The van der Waals surface area contributed by atoms with Crippen LogP contribution in [0.5, 0.6) is 69.0 Å². The number of carbonyl (C=O) groups is 4. The van der Waals surface area contributed by atoms with Crippen molar-refractivity contribution in [1.82, 2.24) is 0 Å². The summed E-state index contributed by atoms with van der Waals surface area (Å²) in [6.07, 6.45) is 3.21. The number of benzene rings is 12. The van der Waals surface area contributed by atoms with Crippen LogP contribution in [0.25, 0.3) is 0 Å². The predicted molar refractivity (Wildman–Crippen MR) is 539 cm³/mol. The van der Waals surface area contributed by atoms with E-state index in [0.29, 0.717) is 59.2 Å². The molecule has 146 heavy (non-hydrogen) atoms. The maximum Gasteiger partial charge on any atom is 0.514 e. The van der Waals surface area contributed by atoms with Gasteiger partial charge in [0.25, 0.3) is 0 Å². The molecule has 40 heteroatoms. The van der Waals surface area contributed by atoms with Gasteiger partial charge in [-0.1, -0.05) is 38.5 Å². The summed E-state index contributed by atoms with van der Waals surface area (Å²) in [5.74, 6) is 4.15. The van der Waals surface area contributed by atoms with E-state index in [1.165, 1.54) is 235 Å². The first-order valence-corrected chi connectivity index (χ1v) is 52.7. The molecule has 0 saturated carbocycles. The Hall–Kier alpha value is -15.0. The Morgan fingerprint density at radius 2 is 0.445 bits per heavy atom. The van der Waals surface area contributed by atoms with E-state index in [9.17, 15) is 69.7 Å². The van der Waals surface area contributed by atoms with E-state index in [4.69, 9.17) is 86.0 Å². The average molecular weight is 2120 g/mol. The Morgan fingerprint density at radius 3 is 0.610 bits per heavy atom. The van der Waals surface area contributed by atoms with E-state index >= 15 is 0 Å². The van der Waals surface area contributed by atoms with Crippen molar-refractivity contribution in [3.63, 3.8) is 0 Å². The molecule has 12 aromatic carbocycles. The number of aliphatic hydroxyl groups is 2. The van der Waals surface area contributed by atoms with Gasteiger partial charge in [0.2, 0.25) is 59.0 Å². The third-order valence-electron chi connectivity index (χ3n) is 18.5. The molecule has 0 aliphatic heterocycles. The first-order valence-electron chi connectivity index (χ1n) is 43.8. The second-order valence-corrected chi connectivity index (χ2v) is 43.5. The molecule has 12 aromatic rings. The Labute approximate surface area is 850 Å². The zero-order chi connectivity index (χ0) is 108. The average Bonchev–Trinajstić information content (AvgIpc) is 0.853. The number of hydrogen-bond acceptors (Lipinski definition) is 34. The van der Waals surface area contributed by atoms with Crippen LogP contribution in [-0.4, -0.2) is 163 Å². The first kappa shape index (κ1) is 118. The third-order valence-corrected chi connectivity index (χ3v) is 29.2. The van der Waals surface area contributed by atoms with Gasteiger partial charge in [0.05, 0.1) is 84.5 Å². The van der Waals surface area contributed by atoms with Crippen molar-refractivity contribution in [2.24, 2.45) is 0 Å². The molecule has 2 atom stereocenters. The molecule has 0 fully saturated rings. The summed E-state index contributed by atoms with van der Waals surface area (Å²) in [4.78, 5) is 46.7. The number of carbonyl (C=O) groups excluding carboxylic acids is 4. The molecule has 0 radical (unpaired) electrons. The summed E-state index contributed by atoms with van der Waals surface area (Å²) in [6.45, 7) is 31.1. The summed E-state index contributed by atoms with van der Waals surface area (Å²) in [7, 11) is -18.8. The molecule has 0 saturated heterocycles. The van der Waals surface area contributed by atoms with Gasteiger partial charge in [-0.2, -0.15) is 0 Å². The minimum Gasteiger partial charge on any atom is -0.491 e. The van der Waals surface area contributed by atoms with Gasteiger partial charge in [-0.3, -0.25) is 9.59 Å². The summed E-state index contributed by atoms with van der Waals surface area (Å²) in [5, 5.41) is 17.4. The van der Waals surface area contributed by atoms with Gasteiger partial charge >= 0.3 is 24.2 Å². The zero-order valence-electron chi connectivity index (χ0n) is 81.7. The molecule has 776 valence electrons. The minimum atomic E-state index is -3.83. The van der Waals surface area contributed by atoms with Crippen LogP contribution in [0.15, 0.2) is 401 Å². The summed E-state index contributed by atoms with van der Waals surface area (Å²) in [6, 6.07) is 71.0. The Bertz CT molecular complexity index is 6630. The van der Waals surface area contributed by atoms with Gasteiger partial charge in [0, 0.05) is 28.1 Å². The molecule has 12 rings (SSSR count). The fourth-order valence-corrected chi connectivity index (χ4v) is 19.2. The molecule has 34 nitrogen and oxygen atoms in total. The zero-order valence-corrected chi connectivity index (χ0v) is 86.6. The van der Waals surface area contributed by atoms with E-state index in [1.54, 1.807) is 165 Å². The van der Waals surface area contributed by atoms with Gasteiger partial charge in [0.15, 0.2) is 12.6 Å². The molecule has 0 aliphatic rings. The lowest BCUT2D eigenvalue weighted by molar-refractivity contribution is -0.132. The van der Waals surface area contributed by atoms with Crippen LogP contribution in [-0.2, 0) is 87.6 Å². The maximum atomic E-state index is 12.8. The van der Waals surface area contributed by atoms with E-state index in [-0.39, 0.29) is 108 Å². The Kier molecular flexibility index (Phi) is 45.1. The normalized spacial score (nSPS) is 11.7. The molecular formula is C106H112O34S6. The summed E-state index contributed by atoms with van der Waals surface area (Å²) >= 11 is 0. The van der Waals surface area contributed by atoms with Crippen molar-refractivity contribution >= 4 is 83.3 Å². The fourth-order valence-electron chi connectivity index (χ4n) is 11.6. The van der Waals surface area contributed by atoms with Crippen LogP contribution < -0.4 is 56.8 Å². The lowest BCUT2D eigenvalue weighted by atomic mass is 10.2. The molecule has 0 bridgehead atoms. The van der Waals surface area contributed by atoms with Gasteiger partial charge in [-0.25, -0.2) is 60.1 Å². The van der Waals surface area contributed by atoms with Crippen LogP contribution in [0.2, 0.25) is 0 Å². The number of methoxy groups -OCH3 is 2. The molecule has 2 N–H and O–H groups in total. The van der Waals surface area contributed by atoms with Crippen molar-refractivity contribution in [1.29, 1.82) is 0 Å². The molecule has 0 heterocycles. The van der Waals surface area contributed by atoms with Crippen LogP contribution in [0.4, 0.5) is 9.59 Å². The number of aliphatic hydroxyl groups excluding tert-OH is 2. The topological polar surface area (TPSA) is 461 Å². The maximum absolute atomic E-state index is 12.8. The lowest BCUT2D eigenvalue weighted by Crippen LogP contribution is -2.25. The SMILES string of the molecule is C=CCOc1ccc(S(=O)(=O)c2ccc(OCC=C)cc2)cc1.C=COc1ccc(S(=O)(=O)c2ccc(OC=C)cc2)cc1.CC(=O)Oc1ccc(S(=O)(=O)c2ccc(OC(C)=O)cc2)cc1.CC(C)(C)OC(=O)Oc1ccc(S(=O)(=O)c2ccc(OC(=O)OC(C)(C)C)cc2)cc1.COC(C)Oc1ccc(S(=O)(=O)c2ccc(OC(C)OC)cc2)cc1.O=S(=O)(c1ccc(OCCO)cc1)c1ccc(OCCO)cc1. The monoisotopic (exact) mass is 2120 g/mol. The molecule has 0 aromatic heterocycles. The second-order valence-electron chi connectivity index (χ2n) is 31.8. The van der Waals surface area contributed by atoms with E-state index in [1.807, 2.05) is 0 Å². The van der Waals surface area contributed by atoms with Crippen molar-refractivity contribution in [3.05, 3.63) is 342 Å². The van der Waals surface area contributed by atoms with Gasteiger partial charge < -0.3 is 86.0 Å². The minimum absolute atomic E-state index is 0.00449. The highest BCUT2D eigenvalue weighted by molar-refractivity contribution is 7.93. The largest absolute Gasteiger partial charge is 0.514 e. The molecule has 0 amide bonds. The van der Waals surface area contributed by atoms with Crippen molar-refractivity contribution in [2.75, 3.05) is 53.9 Å². The molecule has 0 aliphatic carbocycles. The highest BCUT2D eigenvalue weighted by Gasteiger charge is 2.27. The molecular weight excluding hydrogens is 2010 g/mol. The predicted octanol–water partition coefficient (Wildman–Crippen LogP) is 19.3. The summed E-state index contributed by atoms with van der Waals surface area (Å²) < 4.78 is 233. The standard InChI is InChI=1S/C22H26O8S.C18H22O6S.C18H18O4S.C16H14O6S.C16H18O6S.C16H14O4S/c1-21(2,3)29-19(23)27-15-7-11-17(12-8-15)31(25,26)18-13-9-16(10-14-18)28-20(24)30-22(4,5)6;1-13(21-3)23-15-5-9-17(10-6-15)25(19,20)18-11-7-16(8-12-18)24-14(2)22-4;1-3-13-21-15-5-9-17(10-6-15)23(19,20)18-11-7-16(8-12-18)22-14-4-2;1-11(17)21-13-3-7-15(8-4-13)23(19,20)16-9-5-14(6-10-16)22-12(2)18;17-9-11-21-13-1-5-15(6-2-13)23(19,20)16-7-3-14(4-8-16)22-12-10-18;1-3-19-13-5-9-15(10-6-13)21(17,18)16-11-7-14(8-12-16)20-4-2/h7-14H,1-6H3;5-14H,1-4H3;3-12H,1-2,13-14H2;3-10H,1-2H3;1-8,17-18H,9-12H2;3-12H,1-2H2. The quantitative estimate of drug-likeness (QED) is 0.00906. The smallest absolute Gasteiger partial charge is 0.491 e. The highest BCUT2D eigenvalue weighted by Crippen LogP contribution is 2.34. The highest BCUT2D eigenvalue weighted by atomic mass is 32.2. The number of ether oxygens (including phenoxy) is 16. The van der Waals surface area contributed by atoms with Crippen molar-refractivity contribution in [3.8, 4) is 69.0 Å². The van der Waals surface area contributed by atoms with Crippen LogP contribution >= 0.6 is 0 Å². The van der Waals surface area contributed by atoms with Crippen LogP contribution in [0, 0.1) is 0 Å². The summed E-state index contributed by atoms with van der Waals surface area (Å²) in [5.41, 5.74) is -1.42. The fraction of sp³-hybridized carbons (Fsp3) is 0.208. The number of esters is 2. The number of sulfone groups is 6. The molecule has 0 spiro atoms. The van der Waals surface area contributed by atoms with Crippen molar-refractivity contribution < 1.29 is 156 Å². The Morgan fingerprint density at radius 1 is 0.274 bits per heavy atom. The second kappa shape index (κ2) is 55.8. The third kappa shape index (κ3) is 37.6. The van der Waals surface area contributed by atoms with E-state index < -0.39 is 107 Å². The lowest BCUT2D eigenvalue weighted by Gasteiger charge is -2.18. The number of hydrogen-bond donors (Lipinski definition) is 2. The van der Waals surface area contributed by atoms with Gasteiger partial charge in [-0.05, 0) is 347 Å². The van der Waals surface area contributed by atoms with Crippen molar-refractivity contribution in [2.45, 2.75) is 152 Å². The number of rotatable bonds is 38. The van der Waals surface area contributed by atoms with Gasteiger partial charge in [0.1, 0.15) is 107 Å². The van der Waals surface area contributed by atoms with Gasteiger partial charge in [-0.15, -0.1) is 0 Å². The van der Waals surface area contributed by atoms with E-state index in [0.717, 1.165) is 0 Å². The molecule has 2 unspecified atom stereocenters. The Balaban J connectivity index is 0.000000238.